The Kier molecular flexibility index (Phi) is 2.16. The summed E-state index contributed by atoms with van der Waals surface area (Å²) in [5, 5.41) is 3.93. The topological polar surface area (TPSA) is 44.5 Å². The molecule has 3 rings (SSSR count). The van der Waals surface area contributed by atoms with Gasteiger partial charge in [0, 0.05) is 12.3 Å². The van der Waals surface area contributed by atoms with Gasteiger partial charge in [0.15, 0.2) is 4.60 Å². The molecule has 2 aliphatic rings. The summed E-state index contributed by atoms with van der Waals surface area (Å²) in [6, 6.07) is 0. The Morgan fingerprint density at radius 2 is 2.13 bits per heavy atom. The molecule has 0 radical (unpaired) electrons. The first-order valence-corrected chi connectivity index (χ1v) is 5.96. The van der Waals surface area contributed by atoms with Gasteiger partial charge in [0.05, 0.1) is 18.8 Å². The summed E-state index contributed by atoms with van der Waals surface area (Å²) in [6.07, 6.45) is 1.91. The lowest BCUT2D eigenvalue weighted by molar-refractivity contribution is -0.208. The van der Waals surface area contributed by atoms with E-state index < -0.39 is 5.79 Å². The third-order valence-electron chi connectivity index (χ3n) is 3.24. The molecule has 1 unspecified atom stereocenters. The number of aromatic nitrogens is 1. The number of hydrogen-bond acceptors (Lipinski definition) is 4. The zero-order chi connectivity index (χ0) is 10.5. The van der Waals surface area contributed by atoms with Gasteiger partial charge < -0.3 is 14.0 Å². The van der Waals surface area contributed by atoms with Crippen LogP contribution in [0.3, 0.4) is 0 Å². The van der Waals surface area contributed by atoms with E-state index in [2.05, 4.69) is 28.0 Å². The Morgan fingerprint density at radius 3 is 2.87 bits per heavy atom. The van der Waals surface area contributed by atoms with Gasteiger partial charge in [-0.3, -0.25) is 0 Å². The maximum atomic E-state index is 5.81. The molecule has 2 heterocycles. The Balaban J connectivity index is 2.16. The summed E-state index contributed by atoms with van der Waals surface area (Å²) >= 11 is 3.40. The molecule has 0 bridgehead atoms. The predicted molar refractivity (Wildman–Crippen MR) is 55.3 cm³/mol. The summed E-state index contributed by atoms with van der Waals surface area (Å²) < 4.78 is 17.6. The van der Waals surface area contributed by atoms with Gasteiger partial charge in [-0.1, -0.05) is 12.1 Å². The average molecular weight is 274 g/mol. The van der Waals surface area contributed by atoms with E-state index in [4.69, 9.17) is 14.0 Å². The van der Waals surface area contributed by atoms with Gasteiger partial charge in [-0.15, -0.1) is 0 Å². The lowest BCUT2D eigenvalue weighted by atomic mass is 9.83. The molecule has 0 N–H and O–H groups in total. The molecule has 4 nitrogen and oxygen atoms in total. The SMILES string of the molecule is CC1CCc2onc(Br)c2C12OCCO2. The van der Waals surface area contributed by atoms with Gasteiger partial charge in [-0.25, -0.2) is 0 Å². The van der Waals surface area contributed by atoms with Gasteiger partial charge in [0.2, 0.25) is 5.79 Å². The monoisotopic (exact) mass is 273 g/mol. The second-order valence-corrected chi connectivity index (χ2v) is 4.83. The third kappa shape index (κ3) is 1.23. The molecule has 0 aromatic carbocycles. The predicted octanol–water partition coefficient (Wildman–Crippen LogP) is 2.22. The van der Waals surface area contributed by atoms with E-state index >= 15 is 0 Å². The number of halogens is 1. The highest BCUT2D eigenvalue weighted by molar-refractivity contribution is 9.10. The van der Waals surface area contributed by atoms with Crippen LogP contribution in [0, 0.1) is 5.92 Å². The third-order valence-corrected chi connectivity index (χ3v) is 3.78. The van der Waals surface area contributed by atoms with Crippen molar-refractivity contribution in [3.8, 4) is 0 Å². The molecule has 15 heavy (non-hydrogen) atoms. The van der Waals surface area contributed by atoms with Crippen molar-refractivity contribution in [1.29, 1.82) is 0 Å². The minimum Gasteiger partial charge on any atom is -0.360 e. The maximum absolute atomic E-state index is 5.81. The number of nitrogens with zero attached hydrogens (tertiary/aromatic N) is 1. The minimum absolute atomic E-state index is 0.336. The fraction of sp³-hybridized carbons (Fsp3) is 0.700. The Bertz CT molecular complexity index is 384. The fourth-order valence-electron chi connectivity index (χ4n) is 2.45. The van der Waals surface area contributed by atoms with Gasteiger partial charge in [-0.05, 0) is 22.4 Å². The number of aryl methyl sites for hydroxylation is 1. The molecule has 1 saturated heterocycles. The first kappa shape index (κ1) is 9.81. The second kappa shape index (κ2) is 3.30. The lowest BCUT2D eigenvalue weighted by Crippen LogP contribution is -2.38. The number of rotatable bonds is 0. The van der Waals surface area contributed by atoms with Crippen molar-refractivity contribution in [3.63, 3.8) is 0 Å². The van der Waals surface area contributed by atoms with Crippen LogP contribution >= 0.6 is 15.9 Å². The van der Waals surface area contributed by atoms with Crippen LogP contribution in [-0.2, 0) is 21.7 Å². The molecule has 1 spiro atoms. The highest BCUT2D eigenvalue weighted by Crippen LogP contribution is 2.48. The van der Waals surface area contributed by atoms with Crippen LogP contribution in [0.5, 0.6) is 0 Å². The molecule has 1 aliphatic heterocycles. The summed E-state index contributed by atoms with van der Waals surface area (Å²) in [6.45, 7) is 3.43. The summed E-state index contributed by atoms with van der Waals surface area (Å²) in [7, 11) is 0. The van der Waals surface area contributed by atoms with Gasteiger partial charge in [-0.2, -0.15) is 0 Å². The van der Waals surface area contributed by atoms with Crippen LogP contribution in [0.1, 0.15) is 24.7 Å². The van der Waals surface area contributed by atoms with E-state index in [-0.39, 0.29) is 0 Å². The number of ether oxygens (including phenoxy) is 2. The van der Waals surface area contributed by atoms with Crippen molar-refractivity contribution in [2.45, 2.75) is 25.6 Å². The standard InChI is InChI=1S/C10H12BrNO3/c1-6-2-3-7-8(9(11)12-15-7)10(6)13-4-5-14-10/h6H,2-5H2,1H3. The first-order chi connectivity index (χ1) is 7.24. The fourth-order valence-corrected chi connectivity index (χ4v) is 3.02. The zero-order valence-electron chi connectivity index (χ0n) is 8.46. The maximum Gasteiger partial charge on any atom is 0.203 e. The molecule has 1 aliphatic carbocycles. The van der Waals surface area contributed by atoms with Crippen LogP contribution in [0.2, 0.25) is 0 Å². The molecule has 5 heteroatoms. The smallest absolute Gasteiger partial charge is 0.203 e. The lowest BCUT2D eigenvalue weighted by Gasteiger charge is -2.36. The van der Waals surface area contributed by atoms with Crippen molar-refractivity contribution < 1.29 is 14.0 Å². The molecule has 1 aromatic heterocycles. The molecule has 0 amide bonds. The van der Waals surface area contributed by atoms with Crippen molar-refractivity contribution in [2.24, 2.45) is 5.92 Å². The van der Waals surface area contributed by atoms with Crippen molar-refractivity contribution in [1.82, 2.24) is 5.16 Å². The van der Waals surface area contributed by atoms with Crippen molar-refractivity contribution >= 4 is 15.9 Å². The highest BCUT2D eigenvalue weighted by atomic mass is 79.9. The van der Waals surface area contributed by atoms with E-state index in [0.29, 0.717) is 23.7 Å². The second-order valence-electron chi connectivity index (χ2n) is 4.08. The Morgan fingerprint density at radius 1 is 1.40 bits per heavy atom. The molecular formula is C10H12BrNO3. The molecule has 1 atom stereocenters. The normalized spacial score (nSPS) is 28.3. The molecule has 0 saturated carbocycles. The minimum atomic E-state index is -0.619. The van der Waals surface area contributed by atoms with Gasteiger partial charge in [0.25, 0.3) is 0 Å². The van der Waals surface area contributed by atoms with Crippen LogP contribution in [0.15, 0.2) is 9.13 Å². The quantitative estimate of drug-likeness (QED) is 0.727. The summed E-state index contributed by atoms with van der Waals surface area (Å²) in [5.41, 5.74) is 0.957. The zero-order valence-corrected chi connectivity index (χ0v) is 10.0. The van der Waals surface area contributed by atoms with Crippen molar-refractivity contribution in [3.05, 3.63) is 15.9 Å². The van der Waals surface area contributed by atoms with E-state index in [9.17, 15) is 0 Å². The van der Waals surface area contributed by atoms with Crippen LogP contribution in [0.25, 0.3) is 0 Å². The van der Waals surface area contributed by atoms with Crippen LogP contribution in [-0.4, -0.2) is 18.4 Å². The van der Waals surface area contributed by atoms with E-state index in [0.717, 1.165) is 24.2 Å². The molecular weight excluding hydrogens is 262 g/mol. The Labute approximate surface area is 96.0 Å². The van der Waals surface area contributed by atoms with Gasteiger partial charge >= 0.3 is 0 Å². The molecule has 1 aromatic rings. The molecule has 82 valence electrons. The average Bonchev–Trinajstić information content (AvgIpc) is 2.81. The number of hydrogen-bond donors (Lipinski definition) is 0. The van der Waals surface area contributed by atoms with E-state index in [1.54, 1.807) is 0 Å². The van der Waals surface area contributed by atoms with E-state index in [1.807, 2.05) is 0 Å². The molecule has 1 fully saturated rings. The first-order valence-electron chi connectivity index (χ1n) is 5.16. The summed E-state index contributed by atoms with van der Waals surface area (Å²) in [5.74, 6) is 0.608. The van der Waals surface area contributed by atoms with Crippen LogP contribution in [0.4, 0.5) is 0 Å². The largest absolute Gasteiger partial charge is 0.360 e. The Hall–Kier alpha value is -0.390. The highest BCUT2D eigenvalue weighted by Gasteiger charge is 2.50. The van der Waals surface area contributed by atoms with Crippen molar-refractivity contribution in [2.75, 3.05) is 13.2 Å². The van der Waals surface area contributed by atoms with Crippen LogP contribution < -0.4 is 0 Å². The van der Waals surface area contributed by atoms with E-state index in [1.165, 1.54) is 0 Å². The summed E-state index contributed by atoms with van der Waals surface area (Å²) in [4.78, 5) is 0. The van der Waals surface area contributed by atoms with Gasteiger partial charge in [0.1, 0.15) is 5.76 Å². The number of fused-ring (bicyclic) bond motifs is 2.